The normalized spacial score (nSPS) is 11.3. The predicted molar refractivity (Wildman–Crippen MR) is 255 cm³/mol. The summed E-state index contributed by atoms with van der Waals surface area (Å²) < 4.78 is 2.46. The van der Waals surface area contributed by atoms with Crippen LogP contribution in [0.4, 0.5) is 17.1 Å². The van der Waals surface area contributed by atoms with Crippen LogP contribution in [0.3, 0.4) is 0 Å². The second kappa shape index (κ2) is 15.1. The zero-order chi connectivity index (χ0) is 39.8. The molecule has 10 aromatic carbocycles. The van der Waals surface area contributed by atoms with E-state index in [1.165, 1.54) is 71.6 Å². The third-order valence-corrected chi connectivity index (χ3v) is 11.8. The molecular weight excluding hydrogens is 725 g/mol. The first kappa shape index (κ1) is 35.2. The lowest BCUT2D eigenvalue weighted by Gasteiger charge is -2.28. The number of para-hydroxylation sites is 3. The molecule has 0 aliphatic carbocycles. The van der Waals surface area contributed by atoms with Gasteiger partial charge in [-0.25, -0.2) is 0 Å². The average molecular weight is 765 g/mol. The molecule has 0 bridgehead atoms. The molecule has 0 N–H and O–H groups in total. The van der Waals surface area contributed by atoms with E-state index in [1.807, 2.05) is 0 Å². The second-order valence-corrected chi connectivity index (χ2v) is 15.3. The fourth-order valence-electron chi connectivity index (χ4n) is 8.96. The van der Waals surface area contributed by atoms with Crippen LogP contribution in [0.2, 0.25) is 0 Å². The van der Waals surface area contributed by atoms with Crippen LogP contribution in [-0.4, -0.2) is 4.57 Å². The maximum atomic E-state index is 2.46. The molecule has 2 nitrogen and oxygen atoms in total. The first-order valence-corrected chi connectivity index (χ1v) is 20.6. The van der Waals surface area contributed by atoms with E-state index in [2.05, 4.69) is 252 Å². The van der Waals surface area contributed by atoms with Gasteiger partial charge in [0.25, 0.3) is 0 Å². The summed E-state index contributed by atoms with van der Waals surface area (Å²) >= 11 is 0. The lowest BCUT2D eigenvalue weighted by molar-refractivity contribution is 1.18. The first-order chi connectivity index (χ1) is 29.8. The highest BCUT2D eigenvalue weighted by atomic mass is 15.1. The van der Waals surface area contributed by atoms with Gasteiger partial charge in [-0.15, -0.1) is 0 Å². The molecule has 60 heavy (non-hydrogen) atoms. The van der Waals surface area contributed by atoms with Crippen LogP contribution >= 0.6 is 0 Å². The summed E-state index contributed by atoms with van der Waals surface area (Å²) in [6.07, 6.45) is 0. The van der Waals surface area contributed by atoms with Crippen molar-refractivity contribution in [3.05, 3.63) is 243 Å². The van der Waals surface area contributed by atoms with Gasteiger partial charge in [0, 0.05) is 33.3 Å². The lowest BCUT2D eigenvalue weighted by atomic mass is 9.96. The van der Waals surface area contributed by atoms with Crippen molar-refractivity contribution in [2.24, 2.45) is 0 Å². The minimum atomic E-state index is 1.08. The molecule has 0 aliphatic heterocycles. The number of aromatic nitrogens is 1. The van der Waals surface area contributed by atoms with Gasteiger partial charge in [0.05, 0.1) is 22.4 Å². The van der Waals surface area contributed by atoms with Crippen LogP contribution in [0.15, 0.2) is 243 Å². The monoisotopic (exact) mass is 764 g/mol. The summed E-state index contributed by atoms with van der Waals surface area (Å²) in [6, 6.07) is 87.9. The Bertz CT molecular complexity index is 3280. The maximum absolute atomic E-state index is 2.46. The molecule has 0 amide bonds. The van der Waals surface area contributed by atoms with Gasteiger partial charge in [0.1, 0.15) is 0 Å². The summed E-state index contributed by atoms with van der Waals surface area (Å²) in [5, 5.41) is 4.90. The van der Waals surface area contributed by atoms with E-state index in [0.717, 1.165) is 28.3 Å². The Balaban J connectivity index is 1.12. The van der Waals surface area contributed by atoms with E-state index in [0.29, 0.717) is 0 Å². The van der Waals surface area contributed by atoms with Gasteiger partial charge in [-0.05, 0) is 86.6 Å². The van der Waals surface area contributed by atoms with Crippen molar-refractivity contribution in [1.29, 1.82) is 0 Å². The Labute approximate surface area is 350 Å². The molecule has 2 heteroatoms. The number of rotatable bonds is 8. The molecular formula is C58H40N2. The van der Waals surface area contributed by atoms with Gasteiger partial charge in [0.2, 0.25) is 0 Å². The predicted octanol–water partition coefficient (Wildman–Crippen LogP) is 16.1. The van der Waals surface area contributed by atoms with E-state index >= 15 is 0 Å². The number of anilines is 3. The van der Waals surface area contributed by atoms with Crippen molar-refractivity contribution < 1.29 is 0 Å². The van der Waals surface area contributed by atoms with E-state index in [1.54, 1.807) is 0 Å². The van der Waals surface area contributed by atoms with Crippen molar-refractivity contribution in [1.82, 2.24) is 4.57 Å². The zero-order valence-electron chi connectivity index (χ0n) is 33.0. The molecule has 0 saturated heterocycles. The Kier molecular flexibility index (Phi) is 8.87. The van der Waals surface area contributed by atoms with Crippen LogP contribution < -0.4 is 4.90 Å². The quantitative estimate of drug-likeness (QED) is 0.150. The van der Waals surface area contributed by atoms with Crippen molar-refractivity contribution >= 4 is 49.6 Å². The zero-order valence-corrected chi connectivity index (χ0v) is 33.0. The molecule has 0 atom stereocenters. The largest absolute Gasteiger partial charge is 0.310 e. The molecule has 1 heterocycles. The Hall–Kier alpha value is -7.94. The van der Waals surface area contributed by atoms with Gasteiger partial charge in [0.15, 0.2) is 0 Å². The molecule has 0 fully saturated rings. The number of hydrogen-bond acceptors (Lipinski definition) is 1. The van der Waals surface area contributed by atoms with Crippen molar-refractivity contribution in [3.63, 3.8) is 0 Å². The van der Waals surface area contributed by atoms with Gasteiger partial charge >= 0.3 is 0 Å². The molecule has 0 spiro atoms. The van der Waals surface area contributed by atoms with Gasteiger partial charge in [-0.1, -0.05) is 200 Å². The fourth-order valence-corrected chi connectivity index (χ4v) is 8.96. The van der Waals surface area contributed by atoms with Crippen LogP contribution in [0.25, 0.3) is 82.8 Å². The SMILES string of the molecule is c1ccc(-c2ccc(-c3ccccc3-n3c4ccccc4c4ccc(N(c5ccc(-c6ccccc6)cc5)c5ccccc5-c5cccc6ccccc56)cc43)cc2)cc1. The summed E-state index contributed by atoms with van der Waals surface area (Å²) in [6.45, 7) is 0. The summed E-state index contributed by atoms with van der Waals surface area (Å²) in [4.78, 5) is 2.43. The number of nitrogens with zero attached hydrogens (tertiary/aromatic N) is 2. The van der Waals surface area contributed by atoms with Crippen LogP contribution in [0.5, 0.6) is 0 Å². The van der Waals surface area contributed by atoms with E-state index in [9.17, 15) is 0 Å². The standard InChI is InChI=1S/C58H40N2/c1-3-16-41(17-4-1)43-30-32-46(33-31-43)50-23-9-12-27-55(50)60-57-29-14-11-25-53(57)54-39-38-48(40-58(54)60)59(47-36-34-44(35-37-47)42-18-5-2-6-19-42)56-28-13-10-24-52(56)51-26-15-21-45-20-7-8-22-49(45)51/h1-40H. The smallest absolute Gasteiger partial charge is 0.0562 e. The van der Waals surface area contributed by atoms with Crippen molar-refractivity contribution in [2.45, 2.75) is 0 Å². The molecule has 11 rings (SSSR count). The maximum Gasteiger partial charge on any atom is 0.0562 e. The number of benzene rings is 10. The topological polar surface area (TPSA) is 8.17 Å². The molecule has 0 saturated carbocycles. The van der Waals surface area contributed by atoms with Crippen molar-refractivity contribution in [2.75, 3.05) is 4.90 Å². The average Bonchev–Trinajstić information content (AvgIpc) is 3.66. The molecule has 1 aromatic heterocycles. The van der Waals surface area contributed by atoms with Gasteiger partial charge < -0.3 is 9.47 Å². The Morgan fingerprint density at radius 3 is 1.53 bits per heavy atom. The highest BCUT2D eigenvalue weighted by molar-refractivity contribution is 6.11. The van der Waals surface area contributed by atoms with Gasteiger partial charge in [-0.3, -0.25) is 0 Å². The Morgan fingerprint density at radius 2 is 0.783 bits per heavy atom. The van der Waals surface area contributed by atoms with Crippen LogP contribution in [0.1, 0.15) is 0 Å². The number of hydrogen-bond donors (Lipinski definition) is 0. The molecule has 0 aliphatic rings. The summed E-state index contributed by atoms with van der Waals surface area (Å²) in [5.41, 5.74) is 16.3. The minimum Gasteiger partial charge on any atom is -0.310 e. The minimum absolute atomic E-state index is 1.08. The van der Waals surface area contributed by atoms with Crippen molar-refractivity contribution in [3.8, 4) is 50.2 Å². The van der Waals surface area contributed by atoms with E-state index < -0.39 is 0 Å². The molecule has 11 aromatic rings. The summed E-state index contributed by atoms with van der Waals surface area (Å²) in [7, 11) is 0. The number of fused-ring (bicyclic) bond motifs is 4. The molecule has 282 valence electrons. The summed E-state index contributed by atoms with van der Waals surface area (Å²) in [5.74, 6) is 0. The van der Waals surface area contributed by atoms with E-state index in [-0.39, 0.29) is 0 Å². The van der Waals surface area contributed by atoms with Gasteiger partial charge in [-0.2, -0.15) is 0 Å². The highest BCUT2D eigenvalue weighted by Gasteiger charge is 2.22. The molecule has 0 unspecified atom stereocenters. The molecule has 0 radical (unpaired) electrons. The third kappa shape index (κ3) is 6.23. The Morgan fingerprint density at radius 1 is 0.283 bits per heavy atom. The second-order valence-electron chi connectivity index (χ2n) is 15.3. The lowest BCUT2D eigenvalue weighted by Crippen LogP contribution is -2.11. The highest BCUT2D eigenvalue weighted by Crippen LogP contribution is 2.45. The fraction of sp³-hybridized carbons (Fsp3) is 0. The van der Waals surface area contributed by atoms with E-state index in [4.69, 9.17) is 0 Å². The van der Waals surface area contributed by atoms with Crippen LogP contribution in [-0.2, 0) is 0 Å². The van der Waals surface area contributed by atoms with Crippen LogP contribution in [0, 0.1) is 0 Å². The first-order valence-electron chi connectivity index (χ1n) is 20.6. The third-order valence-electron chi connectivity index (χ3n) is 11.8.